The van der Waals surface area contributed by atoms with Gasteiger partial charge in [-0.15, -0.1) is 0 Å². The van der Waals surface area contributed by atoms with E-state index in [1.54, 1.807) is 10.0 Å². The topological polar surface area (TPSA) is 142 Å². The Bertz CT molecular complexity index is 579. The van der Waals surface area contributed by atoms with Crippen molar-refractivity contribution >= 4 is 28.3 Å². The summed E-state index contributed by atoms with van der Waals surface area (Å²) in [5, 5.41) is 8.63. The van der Waals surface area contributed by atoms with Crippen molar-refractivity contribution in [1.29, 1.82) is 5.41 Å². The Hall–Kier alpha value is -2.42. The lowest BCUT2D eigenvalue weighted by Crippen LogP contribution is -2.35. The first-order valence-electron chi connectivity index (χ1n) is 4.51. The van der Waals surface area contributed by atoms with Gasteiger partial charge in [0.15, 0.2) is 5.96 Å². The zero-order valence-electron chi connectivity index (χ0n) is 8.93. The number of hydrogen-bond acceptors (Lipinski definition) is 5. The van der Waals surface area contributed by atoms with Gasteiger partial charge in [-0.25, -0.2) is 13.1 Å². The zero-order valence-corrected chi connectivity index (χ0v) is 9.74. The van der Waals surface area contributed by atoms with Crippen LogP contribution in [-0.4, -0.2) is 26.7 Å². The largest absolute Gasteiger partial charge is 0.369 e. The molecule has 9 heteroatoms. The Morgan fingerprint density at radius 3 is 2.28 bits per heavy atom. The molecule has 0 fully saturated rings. The van der Waals surface area contributed by atoms with Crippen LogP contribution in [0.3, 0.4) is 0 Å². The minimum Gasteiger partial charge on any atom is -0.369 e. The smallest absolute Gasteiger partial charge is 0.316 e. The van der Waals surface area contributed by atoms with Crippen molar-refractivity contribution in [2.75, 3.05) is 0 Å². The van der Waals surface area contributed by atoms with Crippen LogP contribution in [-0.2, 0) is 14.8 Å². The van der Waals surface area contributed by atoms with Crippen molar-refractivity contribution in [1.82, 2.24) is 10.0 Å². The molecule has 8 nitrogen and oxygen atoms in total. The van der Waals surface area contributed by atoms with E-state index in [9.17, 15) is 18.0 Å². The quantitative estimate of drug-likeness (QED) is 0.304. The Balaban J connectivity index is 2.99. The van der Waals surface area contributed by atoms with Crippen LogP contribution in [0.5, 0.6) is 0 Å². The van der Waals surface area contributed by atoms with Gasteiger partial charge in [0, 0.05) is 5.56 Å². The molecular weight excluding hydrogens is 260 g/mol. The molecule has 0 unspecified atom stereocenters. The Morgan fingerprint density at radius 1 is 1.28 bits per heavy atom. The van der Waals surface area contributed by atoms with Gasteiger partial charge in [0.25, 0.3) is 15.9 Å². The van der Waals surface area contributed by atoms with E-state index < -0.39 is 21.9 Å². The van der Waals surface area contributed by atoms with Crippen molar-refractivity contribution in [2.24, 2.45) is 5.73 Å². The van der Waals surface area contributed by atoms with Crippen LogP contribution >= 0.6 is 0 Å². The molecule has 0 aromatic heterocycles. The molecule has 0 heterocycles. The molecule has 95 valence electrons. The Morgan fingerprint density at radius 2 is 1.83 bits per heavy atom. The predicted octanol–water partition coefficient (Wildman–Crippen LogP) is -1.34. The number of sulfonamides is 1. The molecule has 0 aliphatic heterocycles. The van der Waals surface area contributed by atoms with Crippen molar-refractivity contribution in [3.05, 3.63) is 29.8 Å². The molecule has 0 aliphatic carbocycles. The Kier molecular flexibility index (Phi) is 4.00. The summed E-state index contributed by atoms with van der Waals surface area (Å²) in [6.07, 6.45) is 1.21. The van der Waals surface area contributed by atoms with E-state index in [0.29, 0.717) is 0 Å². The highest BCUT2D eigenvalue weighted by Crippen LogP contribution is 2.10. The van der Waals surface area contributed by atoms with Gasteiger partial charge >= 0.3 is 6.41 Å². The summed E-state index contributed by atoms with van der Waals surface area (Å²) >= 11 is 0. The molecule has 18 heavy (non-hydrogen) atoms. The van der Waals surface area contributed by atoms with Crippen LogP contribution < -0.4 is 15.8 Å². The molecule has 0 atom stereocenters. The molecule has 0 bridgehead atoms. The molecule has 1 rings (SSSR count). The third kappa shape index (κ3) is 3.28. The molecular formula is C9H9N4O4S. The minimum atomic E-state index is -3.92. The lowest BCUT2D eigenvalue weighted by molar-refractivity contribution is 0.0976. The maximum atomic E-state index is 11.6. The van der Waals surface area contributed by atoms with Gasteiger partial charge in [0.1, 0.15) is 0 Å². The van der Waals surface area contributed by atoms with Crippen molar-refractivity contribution in [2.45, 2.75) is 4.90 Å². The van der Waals surface area contributed by atoms with Crippen molar-refractivity contribution in [3.63, 3.8) is 0 Å². The van der Waals surface area contributed by atoms with E-state index >= 15 is 0 Å². The molecule has 0 saturated heterocycles. The lowest BCUT2D eigenvalue weighted by Gasteiger charge is -2.06. The van der Waals surface area contributed by atoms with E-state index in [1.165, 1.54) is 18.5 Å². The third-order valence-electron chi connectivity index (χ3n) is 1.84. The molecule has 2 amide bonds. The number of carbonyl (C=O) groups is 1. The monoisotopic (exact) mass is 269 g/mol. The van der Waals surface area contributed by atoms with Gasteiger partial charge < -0.3 is 5.73 Å². The summed E-state index contributed by atoms with van der Waals surface area (Å²) in [4.78, 5) is 21.0. The van der Waals surface area contributed by atoms with E-state index in [4.69, 9.17) is 11.1 Å². The van der Waals surface area contributed by atoms with Gasteiger partial charge in [-0.3, -0.25) is 20.3 Å². The molecule has 0 aliphatic rings. The van der Waals surface area contributed by atoms with Gasteiger partial charge in [0.2, 0.25) is 0 Å². The van der Waals surface area contributed by atoms with Gasteiger partial charge in [0.05, 0.1) is 4.90 Å². The summed E-state index contributed by atoms with van der Waals surface area (Å²) in [6, 6.07) is 4.71. The van der Waals surface area contributed by atoms with Crippen LogP contribution in [0.1, 0.15) is 10.4 Å². The number of imide groups is 1. The number of hydrogen-bond donors (Lipinski definition) is 4. The van der Waals surface area contributed by atoms with Crippen LogP contribution in [0, 0.1) is 5.41 Å². The van der Waals surface area contributed by atoms with Gasteiger partial charge in [-0.1, -0.05) is 0 Å². The number of nitrogens with two attached hydrogens (primary N) is 1. The van der Waals surface area contributed by atoms with Gasteiger partial charge in [-0.2, -0.15) is 0 Å². The SMILES string of the molecule is N=C(N)NS(=O)(=O)c1ccc(C(=O)N[C]=O)cc1. The lowest BCUT2D eigenvalue weighted by atomic mass is 10.2. The molecule has 1 aromatic carbocycles. The number of benzene rings is 1. The summed E-state index contributed by atoms with van der Waals surface area (Å²) < 4.78 is 24.9. The fourth-order valence-corrected chi connectivity index (χ4v) is 2.01. The highest BCUT2D eigenvalue weighted by atomic mass is 32.2. The second-order valence-corrected chi connectivity index (χ2v) is 4.78. The minimum absolute atomic E-state index is 0.0973. The zero-order chi connectivity index (χ0) is 13.8. The standard InChI is InChI=1S/C9H9N4O4S/c10-9(11)13-18(16,17)7-3-1-6(2-4-7)8(15)12-5-14/h1-4H,(H4,10,11,13)(H,12,14,15). The maximum Gasteiger partial charge on any atom is 0.316 e. The number of amides is 2. The first-order valence-corrected chi connectivity index (χ1v) is 5.99. The molecule has 0 saturated carbocycles. The van der Waals surface area contributed by atoms with E-state index in [2.05, 4.69) is 0 Å². The van der Waals surface area contributed by atoms with Crippen molar-refractivity contribution < 1.29 is 18.0 Å². The second-order valence-electron chi connectivity index (χ2n) is 3.10. The van der Waals surface area contributed by atoms with Crippen LogP contribution in [0.2, 0.25) is 0 Å². The van der Waals surface area contributed by atoms with Crippen LogP contribution in [0.4, 0.5) is 0 Å². The summed E-state index contributed by atoms with van der Waals surface area (Å²) in [5.41, 5.74) is 5.02. The Labute approximate surface area is 103 Å². The average Bonchev–Trinajstić information content (AvgIpc) is 2.28. The molecule has 5 N–H and O–H groups in total. The maximum absolute atomic E-state index is 11.6. The fraction of sp³-hybridized carbons (Fsp3) is 0. The van der Waals surface area contributed by atoms with Crippen LogP contribution in [0.25, 0.3) is 0 Å². The van der Waals surface area contributed by atoms with E-state index in [-0.39, 0.29) is 10.5 Å². The number of nitrogens with one attached hydrogen (secondary N) is 3. The average molecular weight is 269 g/mol. The second kappa shape index (κ2) is 5.27. The number of guanidine groups is 1. The fourth-order valence-electron chi connectivity index (χ4n) is 1.11. The van der Waals surface area contributed by atoms with E-state index in [1.807, 2.05) is 0 Å². The first kappa shape index (κ1) is 13.6. The van der Waals surface area contributed by atoms with Gasteiger partial charge in [-0.05, 0) is 24.3 Å². The normalized spacial score (nSPS) is 10.4. The summed E-state index contributed by atoms with van der Waals surface area (Å²) in [5.74, 6) is -1.42. The number of rotatable bonds is 4. The number of carbonyl (C=O) groups excluding carboxylic acids is 2. The highest BCUT2D eigenvalue weighted by Gasteiger charge is 2.15. The molecule has 0 spiro atoms. The first-order chi connectivity index (χ1) is 8.36. The summed E-state index contributed by atoms with van der Waals surface area (Å²) in [7, 11) is -3.92. The third-order valence-corrected chi connectivity index (χ3v) is 3.22. The molecule has 1 aromatic rings. The van der Waals surface area contributed by atoms with E-state index in [0.717, 1.165) is 12.1 Å². The van der Waals surface area contributed by atoms with Crippen LogP contribution in [0.15, 0.2) is 29.2 Å². The highest BCUT2D eigenvalue weighted by molar-refractivity contribution is 7.90. The summed E-state index contributed by atoms with van der Waals surface area (Å²) in [6.45, 7) is 0. The van der Waals surface area contributed by atoms with Crippen molar-refractivity contribution in [3.8, 4) is 0 Å². The molecule has 1 radical (unpaired) electrons. The predicted molar refractivity (Wildman–Crippen MR) is 61.8 cm³/mol.